The lowest BCUT2D eigenvalue weighted by atomic mass is 10.3. The van der Waals surface area contributed by atoms with Crippen LogP contribution in [0.4, 0.5) is 21.6 Å². The van der Waals surface area contributed by atoms with Crippen molar-refractivity contribution in [1.82, 2.24) is 10.2 Å². The zero-order chi connectivity index (χ0) is 19.2. The molecule has 27 heavy (non-hydrogen) atoms. The van der Waals surface area contributed by atoms with Crippen molar-refractivity contribution in [3.8, 4) is 5.75 Å². The molecule has 0 saturated heterocycles. The Bertz CT molecular complexity index is 912. The maximum atomic E-state index is 13.2. The van der Waals surface area contributed by atoms with Crippen LogP contribution < -0.4 is 15.4 Å². The van der Waals surface area contributed by atoms with Crippen LogP contribution in [0.1, 0.15) is 24.3 Å². The van der Waals surface area contributed by atoms with E-state index in [0.29, 0.717) is 11.5 Å². The molecule has 0 unspecified atom stereocenters. The minimum atomic E-state index is -0.463. The first-order chi connectivity index (χ1) is 13.0. The quantitative estimate of drug-likeness (QED) is 0.676. The summed E-state index contributed by atoms with van der Waals surface area (Å²) in [5.74, 6) is 0.388. The highest BCUT2D eigenvalue weighted by Crippen LogP contribution is 2.19. The van der Waals surface area contributed by atoms with Gasteiger partial charge in [-0.25, -0.2) is 4.39 Å². The van der Waals surface area contributed by atoms with Gasteiger partial charge in [0.2, 0.25) is 0 Å². The zero-order valence-electron chi connectivity index (χ0n) is 14.9. The Morgan fingerprint density at radius 2 is 1.78 bits per heavy atom. The number of hydrogen-bond donors (Lipinski definition) is 2. The first-order valence-corrected chi connectivity index (χ1v) is 8.44. The summed E-state index contributed by atoms with van der Waals surface area (Å²) in [6.45, 7) is 3.93. The van der Waals surface area contributed by atoms with Crippen molar-refractivity contribution >= 4 is 23.1 Å². The number of nitrogens with zero attached hydrogens (tertiary/aromatic N) is 2. The molecule has 6 nitrogen and oxygen atoms in total. The average Bonchev–Trinajstić information content (AvgIpc) is 2.63. The molecule has 0 aliphatic carbocycles. The van der Waals surface area contributed by atoms with Crippen LogP contribution in [-0.4, -0.2) is 22.2 Å². The average molecular weight is 366 g/mol. The molecule has 1 aromatic heterocycles. The van der Waals surface area contributed by atoms with E-state index in [9.17, 15) is 9.18 Å². The summed E-state index contributed by atoms with van der Waals surface area (Å²) in [4.78, 5) is 12.2. The lowest BCUT2D eigenvalue weighted by Gasteiger charge is -2.11. The maximum absolute atomic E-state index is 13.2. The molecule has 3 rings (SSSR count). The summed E-state index contributed by atoms with van der Waals surface area (Å²) < 4.78 is 18.8. The SMILES string of the molecule is CC(C)Oc1ccc(Nc2ccc(C(=O)Nc3cccc(F)c3)nn2)cc1. The van der Waals surface area contributed by atoms with Gasteiger partial charge in [0.25, 0.3) is 5.91 Å². The molecule has 0 atom stereocenters. The number of carbonyl (C=O) groups is 1. The first kappa shape index (κ1) is 18.3. The number of rotatable bonds is 6. The van der Waals surface area contributed by atoms with Crippen LogP contribution in [0.3, 0.4) is 0 Å². The fraction of sp³-hybridized carbons (Fsp3) is 0.150. The van der Waals surface area contributed by atoms with Crippen LogP contribution in [0.5, 0.6) is 5.75 Å². The highest BCUT2D eigenvalue weighted by molar-refractivity contribution is 6.02. The molecular formula is C20H19FN4O2. The lowest BCUT2D eigenvalue weighted by molar-refractivity contribution is 0.102. The Hall–Kier alpha value is -3.48. The van der Waals surface area contributed by atoms with Crippen LogP contribution in [0.25, 0.3) is 0 Å². The third kappa shape index (κ3) is 5.24. The third-order valence-corrected chi connectivity index (χ3v) is 3.48. The fourth-order valence-electron chi connectivity index (χ4n) is 2.32. The Balaban J connectivity index is 1.62. The molecule has 0 aliphatic rings. The zero-order valence-corrected chi connectivity index (χ0v) is 14.9. The van der Waals surface area contributed by atoms with Crippen LogP contribution in [-0.2, 0) is 0 Å². The standard InChI is InChI=1S/C20H19FN4O2/c1-13(2)27-17-8-6-15(7-9-17)22-19-11-10-18(24-25-19)20(26)23-16-5-3-4-14(21)12-16/h3-13H,1-2H3,(H,22,25)(H,23,26). The number of aromatic nitrogens is 2. The molecule has 0 bridgehead atoms. The predicted octanol–water partition coefficient (Wildman–Crippen LogP) is 4.40. The van der Waals surface area contributed by atoms with Crippen LogP contribution in [0.2, 0.25) is 0 Å². The smallest absolute Gasteiger partial charge is 0.276 e. The number of benzene rings is 2. The topological polar surface area (TPSA) is 76.1 Å². The number of ether oxygens (including phenoxy) is 1. The van der Waals surface area contributed by atoms with Gasteiger partial charge < -0.3 is 15.4 Å². The second kappa shape index (κ2) is 8.27. The number of hydrogen-bond acceptors (Lipinski definition) is 5. The molecular weight excluding hydrogens is 347 g/mol. The number of amides is 1. The van der Waals surface area contributed by atoms with E-state index in [0.717, 1.165) is 11.4 Å². The summed E-state index contributed by atoms with van der Waals surface area (Å²) >= 11 is 0. The monoisotopic (exact) mass is 366 g/mol. The third-order valence-electron chi connectivity index (χ3n) is 3.48. The van der Waals surface area contributed by atoms with Crippen molar-refractivity contribution in [3.05, 3.63) is 72.2 Å². The van der Waals surface area contributed by atoms with Crippen molar-refractivity contribution in [1.29, 1.82) is 0 Å². The van der Waals surface area contributed by atoms with E-state index in [1.54, 1.807) is 18.2 Å². The van der Waals surface area contributed by atoms with Crippen molar-refractivity contribution in [2.75, 3.05) is 10.6 Å². The molecule has 0 saturated carbocycles. The van der Waals surface area contributed by atoms with E-state index in [-0.39, 0.29) is 11.8 Å². The van der Waals surface area contributed by atoms with Crippen molar-refractivity contribution in [3.63, 3.8) is 0 Å². The molecule has 2 N–H and O–H groups in total. The van der Waals surface area contributed by atoms with Gasteiger partial charge in [-0.3, -0.25) is 4.79 Å². The molecule has 7 heteroatoms. The molecule has 0 fully saturated rings. The summed E-state index contributed by atoms with van der Waals surface area (Å²) in [6, 6.07) is 16.3. The van der Waals surface area contributed by atoms with Gasteiger partial charge in [0.1, 0.15) is 11.6 Å². The van der Waals surface area contributed by atoms with E-state index in [1.807, 2.05) is 38.1 Å². The van der Waals surface area contributed by atoms with Crippen LogP contribution >= 0.6 is 0 Å². The lowest BCUT2D eigenvalue weighted by Crippen LogP contribution is -2.14. The largest absolute Gasteiger partial charge is 0.491 e. The second-order valence-corrected chi connectivity index (χ2v) is 6.08. The summed E-state index contributed by atoms with van der Waals surface area (Å²) in [5.41, 5.74) is 1.30. The minimum Gasteiger partial charge on any atom is -0.491 e. The Labute approximate surface area is 156 Å². The van der Waals surface area contributed by atoms with Gasteiger partial charge in [-0.1, -0.05) is 6.07 Å². The maximum Gasteiger partial charge on any atom is 0.276 e. The van der Waals surface area contributed by atoms with Gasteiger partial charge in [-0.2, -0.15) is 0 Å². The van der Waals surface area contributed by atoms with Crippen molar-refractivity contribution < 1.29 is 13.9 Å². The van der Waals surface area contributed by atoms with Gasteiger partial charge in [-0.15, -0.1) is 10.2 Å². The summed E-state index contributed by atoms with van der Waals surface area (Å²) in [6.07, 6.45) is 0.112. The molecule has 0 spiro atoms. The van der Waals surface area contributed by atoms with Crippen LogP contribution in [0, 0.1) is 5.82 Å². The molecule has 1 heterocycles. The van der Waals surface area contributed by atoms with Crippen molar-refractivity contribution in [2.24, 2.45) is 0 Å². The predicted molar refractivity (Wildman–Crippen MR) is 102 cm³/mol. The Morgan fingerprint density at radius 3 is 2.41 bits per heavy atom. The molecule has 2 aromatic carbocycles. The van der Waals surface area contributed by atoms with Crippen molar-refractivity contribution in [2.45, 2.75) is 20.0 Å². The van der Waals surface area contributed by atoms with Crippen LogP contribution in [0.15, 0.2) is 60.7 Å². The Kier molecular flexibility index (Phi) is 5.61. The molecule has 0 radical (unpaired) electrons. The van der Waals surface area contributed by atoms with Gasteiger partial charge >= 0.3 is 0 Å². The van der Waals surface area contributed by atoms with Gasteiger partial charge in [0.15, 0.2) is 11.5 Å². The van der Waals surface area contributed by atoms with Gasteiger partial charge in [0, 0.05) is 11.4 Å². The van der Waals surface area contributed by atoms with E-state index in [2.05, 4.69) is 20.8 Å². The number of anilines is 3. The number of carbonyl (C=O) groups excluding carboxylic acids is 1. The summed E-state index contributed by atoms with van der Waals surface area (Å²) in [7, 11) is 0. The highest BCUT2D eigenvalue weighted by Gasteiger charge is 2.09. The normalized spacial score (nSPS) is 10.5. The number of nitrogens with one attached hydrogen (secondary N) is 2. The van der Waals surface area contributed by atoms with E-state index < -0.39 is 11.7 Å². The molecule has 138 valence electrons. The van der Waals surface area contributed by atoms with E-state index in [1.165, 1.54) is 18.2 Å². The highest BCUT2D eigenvalue weighted by atomic mass is 19.1. The molecule has 1 amide bonds. The second-order valence-electron chi connectivity index (χ2n) is 6.08. The fourth-order valence-corrected chi connectivity index (χ4v) is 2.32. The van der Waals surface area contributed by atoms with Gasteiger partial charge in [0.05, 0.1) is 6.10 Å². The molecule has 3 aromatic rings. The number of halogens is 1. The first-order valence-electron chi connectivity index (χ1n) is 8.44. The summed E-state index contributed by atoms with van der Waals surface area (Å²) in [5, 5.41) is 13.6. The van der Waals surface area contributed by atoms with Gasteiger partial charge in [-0.05, 0) is 68.4 Å². The molecule has 0 aliphatic heterocycles. The minimum absolute atomic E-state index is 0.112. The van der Waals surface area contributed by atoms with E-state index in [4.69, 9.17) is 4.74 Å². The Morgan fingerprint density at radius 1 is 1.00 bits per heavy atom. The van der Waals surface area contributed by atoms with E-state index >= 15 is 0 Å².